The molecule has 0 radical (unpaired) electrons. The smallest absolute Gasteiger partial charge is 0.255 e. The zero-order chi connectivity index (χ0) is 18.8. The fraction of sp³-hybridized carbons (Fsp3) is 0.238. The topological polar surface area (TPSA) is 76.2 Å². The van der Waals surface area contributed by atoms with Crippen molar-refractivity contribution in [2.24, 2.45) is 0 Å². The van der Waals surface area contributed by atoms with Gasteiger partial charge >= 0.3 is 0 Å². The van der Waals surface area contributed by atoms with Gasteiger partial charge in [0.05, 0.1) is 36.4 Å². The van der Waals surface area contributed by atoms with Gasteiger partial charge in [0.15, 0.2) is 0 Å². The number of hydrogen-bond donors (Lipinski definition) is 2. The van der Waals surface area contributed by atoms with Crippen LogP contribution < -0.4 is 14.8 Å². The van der Waals surface area contributed by atoms with Gasteiger partial charge in [0.25, 0.3) is 5.91 Å². The molecular formula is C21H21N3O3. The van der Waals surface area contributed by atoms with Crippen molar-refractivity contribution in [1.82, 2.24) is 15.5 Å². The lowest BCUT2D eigenvalue weighted by molar-refractivity contribution is 0.0948. The molecule has 1 aliphatic rings. The summed E-state index contributed by atoms with van der Waals surface area (Å²) in [5, 5.41) is 11.2. The summed E-state index contributed by atoms with van der Waals surface area (Å²) in [7, 11) is 3.22. The molecule has 1 heterocycles. The van der Waals surface area contributed by atoms with E-state index >= 15 is 0 Å². The molecule has 6 heteroatoms. The Bertz CT molecular complexity index is 1020. The second-order valence-electron chi connectivity index (χ2n) is 6.50. The molecule has 4 rings (SSSR count). The van der Waals surface area contributed by atoms with E-state index in [9.17, 15) is 4.79 Å². The Morgan fingerprint density at radius 3 is 2.70 bits per heavy atom. The number of hydrogen-bond acceptors (Lipinski definition) is 4. The van der Waals surface area contributed by atoms with E-state index in [1.165, 1.54) is 0 Å². The van der Waals surface area contributed by atoms with E-state index in [4.69, 9.17) is 9.47 Å². The second kappa shape index (κ2) is 7.15. The number of carbonyl (C=O) groups is 1. The van der Waals surface area contributed by atoms with Crippen LogP contribution in [0.1, 0.15) is 34.5 Å². The Morgan fingerprint density at radius 1 is 1.15 bits per heavy atom. The van der Waals surface area contributed by atoms with Gasteiger partial charge < -0.3 is 14.8 Å². The summed E-state index contributed by atoms with van der Waals surface area (Å²) in [6, 6.07) is 11.7. The first-order valence-corrected chi connectivity index (χ1v) is 8.88. The largest absolute Gasteiger partial charge is 0.496 e. The monoisotopic (exact) mass is 363 g/mol. The van der Waals surface area contributed by atoms with Crippen molar-refractivity contribution >= 4 is 29.0 Å². The number of amides is 1. The van der Waals surface area contributed by atoms with E-state index in [1.54, 1.807) is 20.3 Å². The van der Waals surface area contributed by atoms with Crippen molar-refractivity contribution in [3.8, 4) is 11.5 Å². The van der Waals surface area contributed by atoms with Crippen LogP contribution in [0.5, 0.6) is 11.5 Å². The normalized spacial score (nSPS) is 13.9. The van der Waals surface area contributed by atoms with Crippen LogP contribution in [0.25, 0.3) is 23.1 Å². The number of carbonyl (C=O) groups excluding carboxylic acids is 1. The minimum absolute atomic E-state index is 0.114. The van der Waals surface area contributed by atoms with Gasteiger partial charge in [-0.1, -0.05) is 18.2 Å². The van der Waals surface area contributed by atoms with Crippen molar-refractivity contribution in [2.75, 3.05) is 14.2 Å². The molecule has 1 fully saturated rings. The van der Waals surface area contributed by atoms with Gasteiger partial charge in [-0.15, -0.1) is 0 Å². The molecule has 0 unspecified atom stereocenters. The second-order valence-corrected chi connectivity index (χ2v) is 6.50. The highest BCUT2D eigenvalue weighted by atomic mass is 16.5. The van der Waals surface area contributed by atoms with Gasteiger partial charge in [0.2, 0.25) is 0 Å². The lowest BCUT2D eigenvalue weighted by Crippen LogP contribution is -2.25. The Kier molecular flexibility index (Phi) is 4.54. The molecule has 2 aromatic carbocycles. The van der Waals surface area contributed by atoms with Gasteiger partial charge in [-0.2, -0.15) is 5.10 Å². The number of H-pyrrole nitrogens is 1. The molecule has 6 nitrogen and oxygen atoms in total. The maximum atomic E-state index is 12.6. The number of nitrogens with one attached hydrogen (secondary N) is 2. The molecule has 0 bridgehead atoms. The summed E-state index contributed by atoms with van der Waals surface area (Å²) < 4.78 is 11.0. The first-order valence-electron chi connectivity index (χ1n) is 8.88. The predicted octanol–water partition coefficient (Wildman–Crippen LogP) is 3.64. The third kappa shape index (κ3) is 3.38. The molecule has 27 heavy (non-hydrogen) atoms. The SMILES string of the molecule is COc1ccccc1/C=C/c1n[nH]c2ccc(C(=O)NC3CC3)c(OC)c12. The van der Waals surface area contributed by atoms with Crippen LogP contribution in [-0.2, 0) is 0 Å². The summed E-state index contributed by atoms with van der Waals surface area (Å²) in [4.78, 5) is 12.6. The highest BCUT2D eigenvalue weighted by molar-refractivity contribution is 6.05. The van der Waals surface area contributed by atoms with Crippen molar-refractivity contribution in [1.29, 1.82) is 0 Å². The molecule has 0 spiro atoms. The maximum absolute atomic E-state index is 12.6. The van der Waals surface area contributed by atoms with Crippen molar-refractivity contribution < 1.29 is 14.3 Å². The van der Waals surface area contributed by atoms with Gasteiger partial charge in [0.1, 0.15) is 11.5 Å². The van der Waals surface area contributed by atoms with Gasteiger partial charge in [0, 0.05) is 11.6 Å². The molecule has 1 amide bonds. The van der Waals surface area contributed by atoms with Gasteiger partial charge in [-0.05, 0) is 43.2 Å². The number of methoxy groups -OCH3 is 2. The number of fused-ring (bicyclic) bond motifs is 1. The van der Waals surface area contributed by atoms with E-state index in [0.717, 1.165) is 35.1 Å². The Hall–Kier alpha value is -3.28. The van der Waals surface area contributed by atoms with Crippen molar-refractivity contribution in [3.63, 3.8) is 0 Å². The van der Waals surface area contributed by atoms with Crippen molar-refractivity contribution in [3.05, 3.63) is 53.2 Å². The third-order valence-corrected chi connectivity index (χ3v) is 4.63. The molecule has 0 saturated heterocycles. The van der Waals surface area contributed by atoms with Gasteiger partial charge in [-0.25, -0.2) is 0 Å². The molecular weight excluding hydrogens is 342 g/mol. The lowest BCUT2D eigenvalue weighted by Gasteiger charge is -2.10. The number of aromatic nitrogens is 2. The maximum Gasteiger partial charge on any atom is 0.255 e. The number of nitrogens with zero attached hydrogens (tertiary/aromatic N) is 1. The number of rotatable bonds is 6. The van der Waals surface area contributed by atoms with Crippen molar-refractivity contribution in [2.45, 2.75) is 18.9 Å². The molecule has 1 aromatic heterocycles. The minimum Gasteiger partial charge on any atom is -0.496 e. The first-order chi connectivity index (χ1) is 13.2. The Balaban J connectivity index is 1.74. The standard InChI is InChI=1S/C21H21N3O3/c1-26-18-6-4-3-5-13(18)7-11-16-19-17(24-23-16)12-10-15(20(19)27-2)21(25)22-14-8-9-14/h3-7,10-12,14H,8-9H2,1-2H3,(H,22,25)(H,23,24)/b11-7+. The van der Waals surface area contributed by atoms with Crippen LogP contribution in [0.4, 0.5) is 0 Å². The summed E-state index contributed by atoms with van der Waals surface area (Å²) in [5.74, 6) is 1.20. The van der Waals surface area contributed by atoms with E-state index in [2.05, 4.69) is 15.5 Å². The number of ether oxygens (including phenoxy) is 2. The van der Waals surface area contributed by atoms with Crippen LogP contribution >= 0.6 is 0 Å². The summed E-state index contributed by atoms with van der Waals surface area (Å²) >= 11 is 0. The fourth-order valence-corrected chi connectivity index (χ4v) is 3.08. The van der Waals surface area contributed by atoms with Crippen LogP contribution in [0, 0.1) is 0 Å². The first kappa shape index (κ1) is 17.1. The predicted molar refractivity (Wildman–Crippen MR) is 105 cm³/mol. The zero-order valence-electron chi connectivity index (χ0n) is 15.3. The Labute approximate surface area is 157 Å². The third-order valence-electron chi connectivity index (χ3n) is 4.63. The molecule has 1 aliphatic carbocycles. The molecule has 0 aliphatic heterocycles. The average Bonchev–Trinajstić information content (AvgIpc) is 3.42. The number of para-hydroxylation sites is 1. The van der Waals surface area contributed by atoms with Crippen LogP contribution in [0.15, 0.2) is 36.4 Å². The zero-order valence-corrected chi connectivity index (χ0v) is 15.3. The van der Waals surface area contributed by atoms with Crippen LogP contribution in [-0.4, -0.2) is 36.4 Å². The van der Waals surface area contributed by atoms with Gasteiger partial charge in [-0.3, -0.25) is 9.89 Å². The molecule has 3 aromatic rings. The van der Waals surface area contributed by atoms with E-state index in [0.29, 0.717) is 17.0 Å². The molecule has 1 saturated carbocycles. The summed E-state index contributed by atoms with van der Waals surface area (Å²) in [6.07, 6.45) is 5.90. The number of aromatic amines is 1. The molecule has 138 valence electrons. The lowest BCUT2D eigenvalue weighted by atomic mass is 10.1. The molecule has 0 atom stereocenters. The van der Waals surface area contributed by atoms with Crippen LogP contribution in [0.2, 0.25) is 0 Å². The van der Waals surface area contributed by atoms with Crippen LogP contribution in [0.3, 0.4) is 0 Å². The Morgan fingerprint density at radius 2 is 1.96 bits per heavy atom. The fourth-order valence-electron chi connectivity index (χ4n) is 3.08. The average molecular weight is 363 g/mol. The highest BCUT2D eigenvalue weighted by Gasteiger charge is 2.26. The van der Waals surface area contributed by atoms with E-state index in [1.807, 2.05) is 42.5 Å². The minimum atomic E-state index is -0.114. The quantitative estimate of drug-likeness (QED) is 0.701. The van der Waals surface area contributed by atoms with E-state index in [-0.39, 0.29) is 11.9 Å². The summed E-state index contributed by atoms with van der Waals surface area (Å²) in [5.41, 5.74) is 2.98. The number of benzene rings is 2. The highest BCUT2D eigenvalue weighted by Crippen LogP contribution is 2.33. The summed E-state index contributed by atoms with van der Waals surface area (Å²) in [6.45, 7) is 0. The van der Waals surface area contributed by atoms with E-state index < -0.39 is 0 Å². The molecule has 2 N–H and O–H groups in total.